The molecular weight excluding hydrogens is 277 g/mol. The minimum atomic E-state index is -2.47. The SMILES string of the molecule is FC(F)COC(CCl)C(Br)CCl. The van der Waals surface area contributed by atoms with E-state index in [-0.39, 0.29) is 16.6 Å². The van der Waals surface area contributed by atoms with Crippen LogP contribution in [0.1, 0.15) is 0 Å². The summed E-state index contributed by atoms with van der Waals surface area (Å²) < 4.78 is 28.2. The van der Waals surface area contributed by atoms with Gasteiger partial charge in [0.05, 0.1) is 10.9 Å². The summed E-state index contributed by atoms with van der Waals surface area (Å²) in [5.41, 5.74) is 0. The van der Waals surface area contributed by atoms with Crippen molar-refractivity contribution >= 4 is 39.1 Å². The molecule has 0 aromatic carbocycles. The number of halogens is 5. The summed E-state index contributed by atoms with van der Waals surface area (Å²) in [4.78, 5) is -0.185. The van der Waals surface area contributed by atoms with Crippen LogP contribution >= 0.6 is 39.1 Å². The molecule has 2 atom stereocenters. The fraction of sp³-hybridized carbons (Fsp3) is 1.00. The van der Waals surface area contributed by atoms with Crippen molar-refractivity contribution in [1.82, 2.24) is 0 Å². The van der Waals surface area contributed by atoms with Gasteiger partial charge in [-0.1, -0.05) is 15.9 Å². The van der Waals surface area contributed by atoms with E-state index in [0.717, 1.165) is 0 Å². The van der Waals surface area contributed by atoms with Gasteiger partial charge < -0.3 is 4.74 Å². The molecule has 0 aliphatic carbocycles. The lowest BCUT2D eigenvalue weighted by atomic mass is 10.3. The van der Waals surface area contributed by atoms with Gasteiger partial charge in [-0.15, -0.1) is 23.2 Å². The number of hydrogen-bond acceptors (Lipinski definition) is 1. The lowest BCUT2D eigenvalue weighted by molar-refractivity contribution is -0.0139. The molecule has 0 aliphatic rings. The number of ether oxygens (including phenoxy) is 1. The molecule has 0 aromatic rings. The van der Waals surface area contributed by atoms with E-state index in [1.54, 1.807) is 0 Å². The third-order valence-electron chi connectivity index (χ3n) is 1.14. The van der Waals surface area contributed by atoms with Crippen LogP contribution in [0, 0.1) is 0 Å². The van der Waals surface area contributed by atoms with E-state index in [2.05, 4.69) is 15.9 Å². The smallest absolute Gasteiger partial charge is 0.261 e. The van der Waals surface area contributed by atoms with Crippen molar-refractivity contribution in [1.29, 1.82) is 0 Å². The summed E-state index contributed by atoms with van der Waals surface area (Å²) in [7, 11) is 0. The van der Waals surface area contributed by atoms with Crippen LogP contribution < -0.4 is 0 Å². The molecule has 0 radical (unpaired) electrons. The monoisotopic (exact) mass is 284 g/mol. The van der Waals surface area contributed by atoms with Crippen LogP contribution in [-0.4, -0.2) is 35.7 Å². The molecule has 0 spiro atoms. The van der Waals surface area contributed by atoms with E-state index < -0.39 is 19.1 Å². The minimum absolute atomic E-state index is 0.148. The summed E-state index contributed by atoms with van der Waals surface area (Å²) in [6.07, 6.45) is -2.93. The topological polar surface area (TPSA) is 9.23 Å². The Morgan fingerprint density at radius 2 is 1.83 bits per heavy atom. The molecule has 74 valence electrons. The highest BCUT2D eigenvalue weighted by Crippen LogP contribution is 2.13. The molecule has 0 bridgehead atoms. The predicted octanol–water partition coefficient (Wildman–Crippen LogP) is 2.88. The van der Waals surface area contributed by atoms with E-state index in [4.69, 9.17) is 27.9 Å². The Labute approximate surface area is 88.5 Å². The van der Waals surface area contributed by atoms with E-state index in [9.17, 15) is 8.78 Å². The van der Waals surface area contributed by atoms with E-state index >= 15 is 0 Å². The van der Waals surface area contributed by atoms with Gasteiger partial charge in [-0.3, -0.25) is 0 Å². The molecule has 1 nitrogen and oxygen atoms in total. The van der Waals surface area contributed by atoms with Crippen molar-refractivity contribution in [3.63, 3.8) is 0 Å². The quantitative estimate of drug-likeness (QED) is 0.682. The lowest BCUT2D eigenvalue weighted by Crippen LogP contribution is -2.29. The molecule has 0 rings (SSSR count). The minimum Gasteiger partial charge on any atom is -0.370 e. The Morgan fingerprint density at radius 1 is 1.25 bits per heavy atom. The molecule has 0 fully saturated rings. The fourth-order valence-electron chi connectivity index (χ4n) is 0.541. The summed E-state index contributed by atoms with van der Waals surface area (Å²) in [5.74, 6) is 0.427. The van der Waals surface area contributed by atoms with Gasteiger partial charge in [-0.25, -0.2) is 8.78 Å². The van der Waals surface area contributed by atoms with Gasteiger partial charge in [-0.05, 0) is 0 Å². The standard InChI is InChI=1S/C6H9BrCl2F2O/c7-4(1-8)5(2-9)12-3-6(10)11/h4-6H,1-3H2. The molecule has 2 unspecified atom stereocenters. The highest BCUT2D eigenvalue weighted by Gasteiger charge is 2.19. The van der Waals surface area contributed by atoms with Crippen molar-refractivity contribution in [2.75, 3.05) is 18.4 Å². The van der Waals surface area contributed by atoms with Crippen LogP contribution in [0.15, 0.2) is 0 Å². The summed E-state index contributed by atoms with van der Waals surface area (Å²) >= 11 is 14.1. The molecule has 0 aromatic heterocycles. The Bertz CT molecular complexity index is 118. The molecule has 0 saturated carbocycles. The lowest BCUT2D eigenvalue weighted by Gasteiger charge is -2.18. The Balaban J connectivity index is 3.67. The van der Waals surface area contributed by atoms with Crippen LogP contribution in [0.25, 0.3) is 0 Å². The average Bonchev–Trinajstić information content (AvgIpc) is 2.04. The predicted molar refractivity (Wildman–Crippen MR) is 49.9 cm³/mol. The van der Waals surface area contributed by atoms with Gasteiger partial charge in [0.1, 0.15) is 6.61 Å². The average molecular weight is 286 g/mol. The van der Waals surface area contributed by atoms with E-state index in [1.807, 2.05) is 0 Å². The van der Waals surface area contributed by atoms with Gasteiger partial charge in [0.15, 0.2) is 0 Å². The third kappa shape index (κ3) is 5.51. The first-order chi connectivity index (χ1) is 5.61. The molecule has 6 heteroatoms. The van der Waals surface area contributed by atoms with Crippen LogP contribution in [-0.2, 0) is 4.74 Å². The first kappa shape index (κ1) is 12.9. The maximum atomic E-state index is 11.7. The maximum absolute atomic E-state index is 11.7. The van der Waals surface area contributed by atoms with Crippen LogP contribution in [0.4, 0.5) is 8.78 Å². The summed E-state index contributed by atoms with van der Waals surface area (Å²) in [6, 6.07) is 0. The second kappa shape index (κ2) is 7.30. The van der Waals surface area contributed by atoms with Crippen LogP contribution in [0.5, 0.6) is 0 Å². The Kier molecular flexibility index (Phi) is 7.83. The molecule has 12 heavy (non-hydrogen) atoms. The Hall–Kier alpha value is 0.880. The molecular formula is C6H9BrCl2F2O. The zero-order chi connectivity index (χ0) is 9.56. The largest absolute Gasteiger partial charge is 0.370 e. The number of alkyl halides is 5. The van der Waals surface area contributed by atoms with Gasteiger partial charge in [0.2, 0.25) is 0 Å². The third-order valence-corrected chi connectivity index (χ3v) is 3.06. The normalized spacial score (nSPS) is 16.5. The fourth-order valence-corrected chi connectivity index (χ4v) is 1.60. The molecule has 0 N–H and O–H groups in total. The highest BCUT2D eigenvalue weighted by atomic mass is 79.9. The summed E-state index contributed by atoms with van der Waals surface area (Å²) in [5, 5.41) is 0. The van der Waals surface area contributed by atoms with Crippen molar-refractivity contribution in [2.24, 2.45) is 0 Å². The second-order valence-corrected chi connectivity index (χ2v) is 3.88. The van der Waals surface area contributed by atoms with Crippen LogP contribution in [0.2, 0.25) is 0 Å². The first-order valence-corrected chi connectivity index (χ1v) is 5.26. The Morgan fingerprint density at radius 3 is 2.17 bits per heavy atom. The number of hydrogen-bond donors (Lipinski definition) is 0. The zero-order valence-electron chi connectivity index (χ0n) is 6.15. The van der Waals surface area contributed by atoms with Crippen LogP contribution in [0.3, 0.4) is 0 Å². The molecule has 0 amide bonds. The van der Waals surface area contributed by atoms with Crippen molar-refractivity contribution < 1.29 is 13.5 Å². The van der Waals surface area contributed by atoms with E-state index in [0.29, 0.717) is 0 Å². The van der Waals surface area contributed by atoms with Gasteiger partial charge in [0.25, 0.3) is 6.43 Å². The zero-order valence-corrected chi connectivity index (χ0v) is 9.25. The van der Waals surface area contributed by atoms with Gasteiger partial charge in [-0.2, -0.15) is 0 Å². The number of rotatable bonds is 6. The first-order valence-electron chi connectivity index (χ1n) is 3.27. The highest BCUT2D eigenvalue weighted by molar-refractivity contribution is 9.09. The van der Waals surface area contributed by atoms with Crippen molar-refractivity contribution in [3.05, 3.63) is 0 Å². The van der Waals surface area contributed by atoms with Gasteiger partial charge >= 0.3 is 0 Å². The molecule has 0 aliphatic heterocycles. The van der Waals surface area contributed by atoms with E-state index in [1.165, 1.54) is 0 Å². The van der Waals surface area contributed by atoms with Gasteiger partial charge in [0, 0.05) is 11.8 Å². The van der Waals surface area contributed by atoms with Crippen molar-refractivity contribution in [3.8, 4) is 0 Å². The second-order valence-electron chi connectivity index (χ2n) is 2.09. The maximum Gasteiger partial charge on any atom is 0.261 e. The molecule has 0 heterocycles. The summed E-state index contributed by atoms with van der Waals surface area (Å²) in [6.45, 7) is -0.601. The van der Waals surface area contributed by atoms with Crippen molar-refractivity contribution in [2.45, 2.75) is 17.4 Å². The molecule has 0 saturated heterocycles.